The highest BCUT2D eigenvalue weighted by atomic mass is 16.1. The van der Waals surface area contributed by atoms with Gasteiger partial charge in [-0.25, -0.2) is 0 Å². The molecule has 0 unspecified atom stereocenters. The van der Waals surface area contributed by atoms with Crippen molar-refractivity contribution < 1.29 is 4.79 Å². The zero-order chi connectivity index (χ0) is 11.9. The molecule has 0 saturated carbocycles. The summed E-state index contributed by atoms with van der Waals surface area (Å²) in [5.74, 6) is -0.0298. The molecular weight excluding hydrogens is 208 g/mol. The summed E-state index contributed by atoms with van der Waals surface area (Å²) in [5, 5.41) is 0. The van der Waals surface area contributed by atoms with Crippen LogP contribution in [-0.2, 0) is 0 Å². The van der Waals surface area contributed by atoms with Crippen LogP contribution in [0.15, 0.2) is 72.5 Å². The van der Waals surface area contributed by atoms with Gasteiger partial charge >= 0.3 is 0 Å². The molecule has 0 saturated heterocycles. The van der Waals surface area contributed by atoms with E-state index < -0.39 is 0 Å². The first-order chi connectivity index (χ1) is 8.36. The van der Waals surface area contributed by atoms with Crippen molar-refractivity contribution in [3.63, 3.8) is 0 Å². The third-order valence-electron chi connectivity index (χ3n) is 2.32. The molecule has 0 aliphatic heterocycles. The smallest absolute Gasteiger partial charge is 0.193 e. The van der Waals surface area contributed by atoms with E-state index in [2.05, 4.69) is 5.73 Å². The molecule has 0 aliphatic carbocycles. The molecule has 0 amide bonds. The monoisotopic (exact) mass is 220 g/mol. The third-order valence-corrected chi connectivity index (χ3v) is 2.32. The second kappa shape index (κ2) is 5.64. The van der Waals surface area contributed by atoms with Crippen LogP contribution in [0.2, 0.25) is 0 Å². The summed E-state index contributed by atoms with van der Waals surface area (Å²) in [7, 11) is 0. The molecule has 1 nitrogen and oxygen atoms in total. The van der Waals surface area contributed by atoms with E-state index in [0.29, 0.717) is 5.56 Å². The molecule has 2 aromatic carbocycles. The second-order valence-electron chi connectivity index (χ2n) is 3.60. The Morgan fingerprint density at radius 2 is 1.47 bits per heavy atom. The molecule has 0 radical (unpaired) electrons. The van der Waals surface area contributed by atoms with E-state index in [0.717, 1.165) is 5.56 Å². The van der Waals surface area contributed by atoms with Gasteiger partial charge < -0.3 is 0 Å². The SMILES string of the molecule is O=C(C=C=Cc1ccccc1)c1ccccc1. The van der Waals surface area contributed by atoms with Gasteiger partial charge in [-0.2, -0.15) is 0 Å². The van der Waals surface area contributed by atoms with Crippen molar-refractivity contribution in [1.29, 1.82) is 0 Å². The van der Waals surface area contributed by atoms with Crippen LogP contribution < -0.4 is 0 Å². The van der Waals surface area contributed by atoms with Crippen molar-refractivity contribution >= 4 is 11.9 Å². The van der Waals surface area contributed by atoms with Crippen molar-refractivity contribution in [2.24, 2.45) is 0 Å². The Morgan fingerprint density at radius 3 is 2.12 bits per heavy atom. The van der Waals surface area contributed by atoms with Crippen LogP contribution >= 0.6 is 0 Å². The fraction of sp³-hybridized carbons (Fsp3) is 0. The summed E-state index contributed by atoms with van der Waals surface area (Å²) in [5.41, 5.74) is 4.61. The minimum absolute atomic E-state index is 0.0298. The van der Waals surface area contributed by atoms with Crippen LogP contribution in [0.25, 0.3) is 6.08 Å². The summed E-state index contributed by atoms with van der Waals surface area (Å²) in [6, 6.07) is 19.0. The van der Waals surface area contributed by atoms with Gasteiger partial charge in [-0.05, 0) is 11.6 Å². The van der Waals surface area contributed by atoms with E-state index in [4.69, 9.17) is 0 Å². The predicted octanol–water partition coefficient (Wildman–Crippen LogP) is 3.74. The van der Waals surface area contributed by atoms with Gasteiger partial charge in [0.15, 0.2) is 5.78 Å². The molecule has 2 rings (SSSR count). The first-order valence-electron chi connectivity index (χ1n) is 5.43. The van der Waals surface area contributed by atoms with E-state index in [1.165, 1.54) is 6.08 Å². The Balaban J connectivity index is 2.12. The number of benzene rings is 2. The molecule has 0 heterocycles. The normalized spacial score (nSPS) is 9.18. The Labute approximate surface area is 101 Å². The van der Waals surface area contributed by atoms with Gasteiger partial charge in [-0.3, -0.25) is 4.79 Å². The summed E-state index contributed by atoms with van der Waals surface area (Å²) >= 11 is 0. The maximum absolute atomic E-state index is 11.7. The number of rotatable bonds is 3. The fourth-order valence-electron chi connectivity index (χ4n) is 1.45. The molecule has 0 N–H and O–H groups in total. The zero-order valence-electron chi connectivity index (χ0n) is 9.34. The van der Waals surface area contributed by atoms with Gasteiger partial charge in [0.2, 0.25) is 0 Å². The van der Waals surface area contributed by atoms with Gasteiger partial charge in [0.25, 0.3) is 0 Å². The molecule has 0 fully saturated rings. The molecule has 82 valence electrons. The average Bonchev–Trinajstić information content (AvgIpc) is 2.41. The summed E-state index contributed by atoms with van der Waals surface area (Å²) < 4.78 is 0. The Morgan fingerprint density at radius 1 is 0.882 bits per heavy atom. The standard InChI is InChI=1S/C16H12O/c17-16(15-11-5-2-6-12-15)13-7-10-14-8-3-1-4-9-14/h1-6,8-13H. The molecular formula is C16H12O. The number of hydrogen-bond acceptors (Lipinski definition) is 1. The van der Waals surface area contributed by atoms with Gasteiger partial charge in [0.05, 0.1) is 0 Å². The molecule has 0 bridgehead atoms. The molecule has 0 aliphatic rings. The van der Waals surface area contributed by atoms with E-state index in [9.17, 15) is 4.79 Å². The van der Waals surface area contributed by atoms with Crippen molar-refractivity contribution in [2.45, 2.75) is 0 Å². The first-order valence-corrected chi connectivity index (χ1v) is 5.43. The lowest BCUT2D eigenvalue weighted by molar-refractivity contribution is 0.104. The van der Waals surface area contributed by atoms with Crippen molar-refractivity contribution in [3.05, 3.63) is 83.6 Å². The summed E-state index contributed by atoms with van der Waals surface area (Å²) in [6.07, 6.45) is 3.25. The lowest BCUT2D eigenvalue weighted by atomic mass is 10.1. The number of carbonyl (C=O) groups excluding carboxylic acids is 1. The Kier molecular flexibility index (Phi) is 3.69. The van der Waals surface area contributed by atoms with Gasteiger partial charge in [-0.15, -0.1) is 5.73 Å². The molecule has 2 aromatic rings. The van der Waals surface area contributed by atoms with Gasteiger partial charge in [0.1, 0.15) is 0 Å². The van der Waals surface area contributed by atoms with Crippen LogP contribution in [0.3, 0.4) is 0 Å². The number of allylic oxidation sites excluding steroid dienone is 1. The quantitative estimate of drug-likeness (QED) is 0.437. The Bertz CT molecular complexity index is 547. The lowest BCUT2D eigenvalue weighted by Crippen LogP contribution is -1.91. The highest BCUT2D eigenvalue weighted by Gasteiger charge is 1.97. The van der Waals surface area contributed by atoms with Crippen molar-refractivity contribution in [1.82, 2.24) is 0 Å². The third kappa shape index (κ3) is 3.30. The molecule has 0 atom stereocenters. The summed E-state index contributed by atoms with van der Waals surface area (Å²) in [4.78, 5) is 11.7. The average molecular weight is 220 g/mol. The molecule has 17 heavy (non-hydrogen) atoms. The molecule has 0 aromatic heterocycles. The van der Waals surface area contributed by atoms with Crippen LogP contribution in [0.1, 0.15) is 15.9 Å². The van der Waals surface area contributed by atoms with Crippen molar-refractivity contribution in [3.8, 4) is 0 Å². The topological polar surface area (TPSA) is 17.1 Å². The van der Waals surface area contributed by atoms with Crippen LogP contribution in [-0.4, -0.2) is 5.78 Å². The van der Waals surface area contributed by atoms with Crippen LogP contribution in [0, 0.1) is 0 Å². The second-order valence-corrected chi connectivity index (χ2v) is 3.60. The maximum Gasteiger partial charge on any atom is 0.193 e. The minimum atomic E-state index is -0.0298. The van der Waals surface area contributed by atoms with Crippen LogP contribution in [0.4, 0.5) is 0 Å². The molecule has 0 spiro atoms. The van der Waals surface area contributed by atoms with E-state index in [1.807, 2.05) is 48.5 Å². The summed E-state index contributed by atoms with van der Waals surface area (Å²) in [6.45, 7) is 0. The highest BCUT2D eigenvalue weighted by molar-refractivity contribution is 6.04. The zero-order valence-corrected chi connectivity index (χ0v) is 9.34. The largest absolute Gasteiger partial charge is 0.289 e. The fourth-order valence-corrected chi connectivity index (χ4v) is 1.45. The molecule has 1 heteroatoms. The first kappa shape index (κ1) is 11.1. The van der Waals surface area contributed by atoms with E-state index in [-0.39, 0.29) is 5.78 Å². The van der Waals surface area contributed by atoms with E-state index >= 15 is 0 Å². The van der Waals surface area contributed by atoms with Gasteiger partial charge in [-0.1, -0.05) is 60.7 Å². The Hall–Kier alpha value is -2.37. The maximum atomic E-state index is 11.7. The highest BCUT2D eigenvalue weighted by Crippen LogP contribution is 2.02. The van der Waals surface area contributed by atoms with Crippen molar-refractivity contribution in [2.75, 3.05) is 0 Å². The lowest BCUT2D eigenvalue weighted by Gasteiger charge is -1.91. The number of carbonyl (C=O) groups is 1. The number of hydrogen-bond donors (Lipinski definition) is 0. The van der Waals surface area contributed by atoms with E-state index in [1.54, 1.807) is 18.2 Å². The number of ketones is 1. The van der Waals surface area contributed by atoms with Crippen LogP contribution in [0.5, 0.6) is 0 Å². The predicted molar refractivity (Wildman–Crippen MR) is 69.8 cm³/mol. The van der Waals surface area contributed by atoms with Gasteiger partial charge in [0, 0.05) is 11.6 Å². The minimum Gasteiger partial charge on any atom is -0.289 e.